The molecule has 0 aliphatic carbocycles. The maximum absolute atomic E-state index is 12.6. The van der Waals surface area contributed by atoms with Crippen molar-refractivity contribution in [1.82, 2.24) is 5.32 Å². The molecule has 0 saturated carbocycles. The van der Waals surface area contributed by atoms with Gasteiger partial charge in [-0.15, -0.1) is 0 Å². The molecule has 0 unspecified atom stereocenters. The third-order valence-corrected chi connectivity index (χ3v) is 4.45. The van der Waals surface area contributed by atoms with Gasteiger partial charge in [-0.05, 0) is 54.1 Å². The van der Waals surface area contributed by atoms with Gasteiger partial charge in [-0.25, -0.2) is 0 Å². The van der Waals surface area contributed by atoms with E-state index in [1.165, 1.54) is 6.20 Å². The maximum Gasteiger partial charge on any atom is 0.263 e. The number of carbonyl (C=O) groups excluding carboxylic acids is 1. The Morgan fingerprint density at radius 2 is 1.62 bits per heavy atom. The summed E-state index contributed by atoms with van der Waals surface area (Å²) >= 11 is 5.88. The number of nitrogens with one attached hydrogen (secondary N) is 1. The summed E-state index contributed by atoms with van der Waals surface area (Å²) in [4.78, 5) is 14.4. The minimum absolute atomic E-state index is 0.0142. The van der Waals surface area contributed by atoms with Crippen LogP contribution in [-0.4, -0.2) is 5.91 Å². The third kappa shape index (κ3) is 5.38. The molecule has 0 saturated heterocycles. The van der Waals surface area contributed by atoms with Crippen molar-refractivity contribution in [3.8, 4) is 6.07 Å². The number of nitriles is 1. The van der Waals surface area contributed by atoms with Gasteiger partial charge in [0.15, 0.2) is 0 Å². The molecule has 0 heterocycles. The van der Waals surface area contributed by atoms with Crippen LogP contribution in [0.5, 0.6) is 0 Å². The van der Waals surface area contributed by atoms with Gasteiger partial charge in [0.25, 0.3) is 5.91 Å². The average molecular weight is 403 g/mol. The maximum atomic E-state index is 12.6. The zero-order valence-electron chi connectivity index (χ0n) is 15.5. The van der Waals surface area contributed by atoms with Gasteiger partial charge in [-0.2, -0.15) is 5.26 Å². The summed E-state index contributed by atoms with van der Waals surface area (Å²) in [6.45, 7) is 0.294. The molecule has 144 valence electrons. The van der Waals surface area contributed by atoms with E-state index >= 15 is 0 Å². The first kappa shape index (κ1) is 20.0. The second kappa shape index (κ2) is 9.45. The number of amides is 1. The molecule has 5 nitrogen and oxygen atoms in total. The standard InChI is InChI=1S/C23H19ClN4O/c24-19-8-6-17(7-9-19)15-27-23(29)18(14-25)16-28(21-4-2-1-3-5-21)22-12-10-20(26)11-13-22/h1-13,16H,15,26H2,(H,27,29)/b18-16-. The van der Waals surface area contributed by atoms with Crippen molar-refractivity contribution >= 4 is 34.6 Å². The minimum atomic E-state index is -0.459. The molecule has 3 aromatic carbocycles. The molecule has 0 aromatic heterocycles. The van der Waals surface area contributed by atoms with Crippen LogP contribution in [0.4, 0.5) is 17.1 Å². The van der Waals surface area contributed by atoms with Crippen LogP contribution in [0.1, 0.15) is 5.56 Å². The van der Waals surface area contributed by atoms with E-state index < -0.39 is 5.91 Å². The molecule has 0 atom stereocenters. The molecular weight excluding hydrogens is 384 g/mol. The Bertz CT molecular complexity index is 1040. The lowest BCUT2D eigenvalue weighted by Crippen LogP contribution is -2.25. The van der Waals surface area contributed by atoms with Gasteiger partial charge >= 0.3 is 0 Å². The summed E-state index contributed by atoms with van der Waals surface area (Å²) in [7, 11) is 0. The number of nitrogen functional groups attached to an aromatic ring is 1. The Hall–Kier alpha value is -3.75. The first-order valence-corrected chi connectivity index (χ1v) is 9.29. The minimum Gasteiger partial charge on any atom is -0.399 e. The summed E-state index contributed by atoms with van der Waals surface area (Å²) in [6.07, 6.45) is 1.53. The Kier molecular flexibility index (Phi) is 6.51. The smallest absolute Gasteiger partial charge is 0.263 e. The predicted molar refractivity (Wildman–Crippen MR) is 116 cm³/mol. The first-order valence-electron chi connectivity index (χ1n) is 8.91. The average Bonchev–Trinajstić information content (AvgIpc) is 2.75. The van der Waals surface area contributed by atoms with E-state index in [2.05, 4.69) is 5.32 Å². The normalized spacial score (nSPS) is 10.8. The zero-order valence-corrected chi connectivity index (χ0v) is 16.3. The molecule has 0 bridgehead atoms. The lowest BCUT2D eigenvalue weighted by molar-refractivity contribution is -0.117. The van der Waals surface area contributed by atoms with Crippen LogP contribution in [0, 0.1) is 11.3 Å². The summed E-state index contributed by atoms with van der Waals surface area (Å²) in [5, 5.41) is 13.0. The molecule has 0 aliphatic heterocycles. The van der Waals surface area contributed by atoms with Crippen LogP contribution >= 0.6 is 11.6 Å². The number of rotatable bonds is 6. The highest BCUT2D eigenvalue weighted by molar-refractivity contribution is 6.30. The summed E-state index contributed by atoms with van der Waals surface area (Å²) in [6, 6.07) is 25.8. The molecule has 29 heavy (non-hydrogen) atoms. The highest BCUT2D eigenvalue weighted by Crippen LogP contribution is 2.27. The number of carbonyl (C=O) groups is 1. The van der Waals surface area contributed by atoms with Crippen molar-refractivity contribution in [1.29, 1.82) is 5.26 Å². The first-order chi connectivity index (χ1) is 14.1. The van der Waals surface area contributed by atoms with Crippen LogP contribution in [0.15, 0.2) is 90.6 Å². The molecule has 0 spiro atoms. The summed E-state index contributed by atoms with van der Waals surface area (Å²) in [5.41, 5.74) is 8.89. The number of nitrogens with zero attached hydrogens (tertiary/aromatic N) is 2. The number of anilines is 3. The fourth-order valence-corrected chi connectivity index (χ4v) is 2.79. The van der Waals surface area contributed by atoms with E-state index in [-0.39, 0.29) is 5.57 Å². The number of halogens is 1. The van der Waals surface area contributed by atoms with Crippen LogP contribution < -0.4 is 16.0 Å². The lowest BCUT2D eigenvalue weighted by Gasteiger charge is -2.21. The van der Waals surface area contributed by atoms with Crippen molar-refractivity contribution in [2.45, 2.75) is 6.54 Å². The van der Waals surface area contributed by atoms with E-state index in [9.17, 15) is 10.1 Å². The highest BCUT2D eigenvalue weighted by Gasteiger charge is 2.14. The summed E-state index contributed by atoms with van der Waals surface area (Å²) < 4.78 is 0. The van der Waals surface area contributed by atoms with Gasteiger partial charge in [0.05, 0.1) is 0 Å². The van der Waals surface area contributed by atoms with E-state index in [1.54, 1.807) is 29.2 Å². The molecule has 3 rings (SSSR count). The van der Waals surface area contributed by atoms with Gasteiger partial charge < -0.3 is 16.0 Å². The number of benzene rings is 3. The van der Waals surface area contributed by atoms with Gasteiger partial charge in [0.2, 0.25) is 0 Å². The van der Waals surface area contributed by atoms with Crippen LogP contribution in [0.3, 0.4) is 0 Å². The van der Waals surface area contributed by atoms with Crippen molar-refractivity contribution in [3.05, 3.63) is 101 Å². The third-order valence-electron chi connectivity index (χ3n) is 4.20. The van der Waals surface area contributed by atoms with Crippen molar-refractivity contribution in [2.75, 3.05) is 10.6 Å². The van der Waals surface area contributed by atoms with Crippen molar-refractivity contribution < 1.29 is 4.79 Å². The molecule has 0 radical (unpaired) electrons. The molecular formula is C23H19ClN4O. The Morgan fingerprint density at radius 3 is 2.24 bits per heavy atom. The van der Waals surface area contributed by atoms with Gasteiger partial charge in [-0.1, -0.05) is 41.9 Å². The van der Waals surface area contributed by atoms with Crippen molar-refractivity contribution in [2.24, 2.45) is 0 Å². The number of para-hydroxylation sites is 1. The number of hydrogen-bond acceptors (Lipinski definition) is 4. The van der Waals surface area contributed by atoms with E-state index in [4.69, 9.17) is 17.3 Å². The topological polar surface area (TPSA) is 82.2 Å². The van der Waals surface area contributed by atoms with Crippen LogP contribution in [-0.2, 0) is 11.3 Å². The zero-order chi connectivity index (χ0) is 20.6. The Balaban J connectivity index is 1.85. The fourth-order valence-electron chi connectivity index (χ4n) is 2.67. The number of hydrogen-bond donors (Lipinski definition) is 2. The molecule has 6 heteroatoms. The SMILES string of the molecule is N#C/C(=C/N(c1ccccc1)c1ccc(N)cc1)C(=O)NCc1ccc(Cl)cc1. The quantitative estimate of drug-likeness (QED) is 0.353. The van der Waals surface area contributed by atoms with E-state index in [0.717, 1.165) is 16.9 Å². The molecule has 0 aliphatic rings. The van der Waals surface area contributed by atoms with Gasteiger partial charge in [0.1, 0.15) is 11.6 Å². The Labute approximate surface area is 174 Å². The second-order valence-corrected chi connectivity index (χ2v) is 6.70. The highest BCUT2D eigenvalue weighted by atomic mass is 35.5. The molecule has 1 amide bonds. The van der Waals surface area contributed by atoms with Crippen molar-refractivity contribution in [3.63, 3.8) is 0 Å². The second-order valence-electron chi connectivity index (χ2n) is 6.26. The number of nitrogens with two attached hydrogens (primary N) is 1. The summed E-state index contributed by atoms with van der Waals surface area (Å²) in [5.74, 6) is -0.459. The fraction of sp³-hybridized carbons (Fsp3) is 0.0435. The Morgan fingerprint density at radius 1 is 1.00 bits per heavy atom. The molecule has 0 fully saturated rings. The molecule has 3 N–H and O–H groups in total. The van der Waals surface area contributed by atoms with Gasteiger partial charge in [-0.3, -0.25) is 4.79 Å². The monoisotopic (exact) mass is 402 g/mol. The predicted octanol–water partition coefficient (Wildman–Crippen LogP) is 4.78. The van der Waals surface area contributed by atoms with Gasteiger partial charge in [0, 0.05) is 34.8 Å². The lowest BCUT2D eigenvalue weighted by atomic mass is 10.2. The largest absolute Gasteiger partial charge is 0.399 e. The van der Waals surface area contributed by atoms with Crippen LogP contribution in [0.2, 0.25) is 5.02 Å². The molecule has 3 aromatic rings. The van der Waals surface area contributed by atoms with Crippen LogP contribution in [0.25, 0.3) is 0 Å². The van der Waals surface area contributed by atoms with E-state index in [1.807, 2.05) is 60.7 Å². The van der Waals surface area contributed by atoms with E-state index in [0.29, 0.717) is 17.3 Å².